The standard InChI is InChI=1S/C34H39N7O3/c1-6-13-41(30-19-25-10-8-12-36-32(25)39-33(30)42)34(43)38-31-28(22(2)3)17-26(18-29(31)23(4)5)24-9-7-11-27(16-24)44-15-14-40-21-35-20-37-40/h7-12,16-23H,6,13-15H2,1-5H3,(H,38,43)(H,36,39,42). The van der Waals surface area contributed by atoms with Gasteiger partial charge in [0.25, 0.3) is 5.56 Å². The topological polar surface area (TPSA) is 118 Å². The number of urea groups is 1. The molecule has 0 aliphatic heterocycles. The van der Waals surface area contributed by atoms with Gasteiger partial charge in [-0.25, -0.2) is 19.4 Å². The highest BCUT2D eigenvalue weighted by molar-refractivity contribution is 6.03. The fourth-order valence-electron chi connectivity index (χ4n) is 5.23. The van der Waals surface area contributed by atoms with Crippen LogP contribution in [0.3, 0.4) is 0 Å². The number of rotatable bonds is 11. The third-order valence-electron chi connectivity index (χ3n) is 7.48. The van der Waals surface area contributed by atoms with Crippen molar-refractivity contribution in [1.82, 2.24) is 24.7 Å². The van der Waals surface area contributed by atoms with E-state index in [1.807, 2.05) is 31.2 Å². The highest BCUT2D eigenvalue weighted by atomic mass is 16.5. The van der Waals surface area contributed by atoms with E-state index in [9.17, 15) is 9.59 Å². The lowest BCUT2D eigenvalue weighted by molar-refractivity contribution is 0.256. The van der Waals surface area contributed by atoms with E-state index < -0.39 is 0 Å². The number of nitrogens with one attached hydrogen (secondary N) is 2. The number of benzene rings is 2. The molecule has 0 fully saturated rings. The van der Waals surface area contributed by atoms with E-state index in [0.717, 1.165) is 39.1 Å². The average Bonchev–Trinajstić information content (AvgIpc) is 3.53. The molecule has 0 radical (unpaired) electrons. The van der Waals surface area contributed by atoms with Crippen molar-refractivity contribution in [2.24, 2.45) is 0 Å². The van der Waals surface area contributed by atoms with Gasteiger partial charge in [0.05, 0.1) is 6.54 Å². The van der Waals surface area contributed by atoms with E-state index in [2.05, 4.69) is 71.3 Å². The molecule has 0 aliphatic carbocycles. The quantitative estimate of drug-likeness (QED) is 0.171. The van der Waals surface area contributed by atoms with Gasteiger partial charge in [-0.15, -0.1) is 0 Å². The number of ether oxygens (including phenoxy) is 1. The molecule has 0 saturated carbocycles. The molecule has 5 rings (SSSR count). The maximum Gasteiger partial charge on any atom is 0.326 e. The Hall–Kier alpha value is -4.99. The minimum absolute atomic E-state index is 0.125. The molecule has 0 spiro atoms. The molecule has 2 N–H and O–H groups in total. The van der Waals surface area contributed by atoms with Gasteiger partial charge in [-0.2, -0.15) is 5.10 Å². The van der Waals surface area contributed by atoms with Crippen LogP contribution >= 0.6 is 0 Å². The van der Waals surface area contributed by atoms with Crippen LogP contribution < -0.4 is 20.5 Å². The Bertz CT molecular complexity index is 1770. The number of carbonyl (C=O) groups is 1. The van der Waals surface area contributed by atoms with Crippen molar-refractivity contribution in [3.8, 4) is 16.9 Å². The molecular formula is C34H39N7O3. The molecule has 10 nitrogen and oxygen atoms in total. The maximum absolute atomic E-state index is 13.9. The van der Waals surface area contributed by atoms with Crippen molar-refractivity contribution in [1.29, 1.82) is 0 Å². The van der Waals surface area contributed by atoms with Crippen molar-refractivity contribution in [2.75, 3.05) is 23.4 Å². The molecule has 3 heterocycles. The first kappa shape index (κ1) is 30.5. The molecule has 0 aliphatic rings. The monoisotopic (exact) mass is 593 g/mol. The lowest BCUT2D eigenvalue weighted by Gasteiger charge is -2.26. The number of hydrogen-bond donors (Lipinski definition) is 2. The molecule has 2 amide bonds. The second-order valence-electron chi connectivity index (χ2n) is 11.4. The Morgan fingerprint density at radius 3 is 2.48 bits per heavy atom. The summed E-state index contributed by atoms with van der Waals surface area (Å²) in [4.78, 5) is 39.6. The van der Waals surface area contributed by atoms with Crippen LogP contribution in [0.25, 0.3) is 22.2 Å². The summed E-state index contributed by atoms with van der Waals surface area (Å²) in [7, 11) is 0. The summed E-state index contributed by atoms with van der Waals surface area (Å²) in [6.07, 6.45) is 5.48. The number of carbonyl (C=O) groups excluding carboxylic acids is 1. The van der Waals surface area contributed by atoms with Crippen molar-refractivity contribution in [3.05, 3.63) is 94.9 Å². The van der Waals surface area contributed by atoms with E-state index in [4.69, 9.17) is 4.74 Å². The largest absolute Gasteiger partial charge is 0.492 e. The molecule has 0 unspecified atom stereocenters. The second kappa shape index (κ2) is 13.5. The molecular weight excluding hydrogens is 554 g/mol. The van der Waals surface area contributed by atoms with Crippen LogP contribution in [0.1, 0.15) is 64.0 Å². The minimum Gasteiger partial charge on any atom is -0.492 e. The van der Waals surface area contributed by atoms with E-state index in [1.54, 1.807) is 29.3 Å². The number of H-pyrrole nitrogens is 1. The van der Waals surface area contributed by atoms with Crippen molar-refractivity contribution < 1.29 is 9.53 Å². The van der Waals surface area contributed by atoms with Crippen LogP contribution in [-0.2, 0) is 6.54 Å². The minimum atomic E-state index is -0.355. The third kappa shape index (κ3) is 6.80. The van der Waals surface area contributed by atoms with Gasteiger partial charge in [0.2, 0.25) is 0 Å². The average molecular weight is 594 g/mol. The van der Waals surface area contributed by atoms with Gasteiger partial charge in [-0.05, 0) is 83.0 Å². The van der Waals surface area contributed by atoms with Gasteiger partial charge in [0, 0.05) is 23.8 Å². The summed E-state index contributed by atoms with van der Waals surface area (Å²) in [5.41, 5.74) is 5.31. The van der Waals surface area contributed by atoms with Gasteiger partial charge in [0.1, 0.15) is 36.3 Å². The van der Waals surface area contributed by atoms with Crippen LogP contribution in [0.5, 0.6) is 5.75 Å². The number of amides is 2. The number of aromatic nitrogens is 5. The fourth-order valence-corrected chi connectivity index (χ4v) is 5.23. The van der Waals surface area contributed by atoms with E-state index in [0.29, 0.717) is 37.5 Å². The highest BCUT2D eigenvalue weighted by Gasteiger charge is 2.24. The zero-order chi connectivity index (χ0) is 31.2. The van der Waals surface area contributed by atoms with E-state index >= 15 is 0 Å². The van der Waals surface area contributed by atoms with Crippen molar-refractivity contribution in [2.45, 2.75) is 59.4 Å². The predicted octanol–water partition coefficient (Wildman–Crippen LogP) is 6.96. The lowest BCUT2D eigenvalue weighted by atomic mass is 9.88. The van der Waals surface area contributed by atoms with E-state index in [1.165, 1.54) is 11.2 Å². The smallest absolute Gasteiger partial charge is 0.326 e. The normalized spacial score (nSPS) is 11.3. The van der Waals surface area contributed by atoms with Crippen LogP contribution in [0.15, 0.2) is 78.2 Å². The molecule has 0 saturated heterocycles. The number of nitrogens with zero attached hydrogens (tertiary/aromatic N) is 5. The molecule has 10 heteroatoms. The van der Waals surface area contributed by atoms with Gasteiger partial charge in [0.15, 0.2) is 0 Å². The summed E-state index contributed by atoms with van der Waals surface area (Å²) in [6.45, 7) is 11.9. The first-order valence-electron chi connectivity index (χ1n) is 15.0. The highest BCUT2D eigenvalue weighted by Crippen LogP contribution is 2.38. The summed E-state index contributed by atoms with van der Waals surface area (Å²) < 4.78 is 7.75. The van der Waals surface area contributed by atoms with Crippen LogP contribution in [0, 0.1) is 0 Å². The summed E-state index contributed by atoms with van der Waals surface area (Å²) in [5.74, 6) is 1.02. The molecule has 5 aromatic rings. The molecule has 228 valence electrons. The Labute approximate surface area is 257 Å². The lowest BCUT2D eigenvalue weighted by Crippen LogP contribution is -2.39. The fraction of sp³-hybridized carbons (Fsp3) is 0.324. The number of hydrogen-bond acceptors (Lipinski definition) is 6. The first-order chi connectivity index (χ1) is 21.2. The summed E-state index contributed by atoms with van der Waals surface area (Å²) in [5, 5.41) is 8.09. The maximum atomic E-state index is 13.9. The van der Waals surface area contributed by atoms with Gasteiger partial charge >= 0.3 is 6.03 Å². The summed E-state index contributed by atoms with van der Waals surface area (Å²) >= 11 is 0. The molecule has 44 heavy (non-hydrogen) atoms. The Morgan fingerprint density at radius 1 is 1.02 bits per heavy atom. The van der Waals surface area contributed by atoms with Gasteiger partial charge in [-0.1, -0.05) is 46.8 Å². The number of fused-ring (bicyclic) bond motifs is 1. The SMILES string of the molecule is CCCN(C(=O)Nc1c(C(C)C)cc(-c2cccc(OCCn3cncn3)c2)cc1C(C)C)c1cc2cccnc2[nH]c1=O. The number of pyridine rings is 2. The second-order valence-corrected chi connectivity index (χ2v) is 11.4. The zero-order valence-electron chi connectivity index (χ0n) is 25.9. The Balaban J connectivity index is 1.47. The van der Waals surface area contributed by atoms with Crippen LogP contribution in [-0.4, -0.2) is 43.9 Å². The van der Waals surface area contributed by atoms with Crippen molar-refractivity contribution >= 4 is 28.4 Å². The zero-order valence-corrected chi connectivity index (χ0v) is 25.9. The van der Waals surface area contributed by atoms with Crippen molar-refractivity contribution in [3.63, 3.8) is 0 Å². The first-order valence-corrected chi connectivity index (χ1v) is 15.0. The predicted molar refractivity (Wildman–Crippen MR) is 175 cm³/mol. The van der Waals surface area contributed by atoms with Gasteiger partial charge in [-0.3, -0.25) is 9.69 Å². The molecule has 2 aromatic carbocycles. The van der Waals surface area contributed by atoms with Gasteiger partial charge < -0.3 is 15.0 Å². The molecule has 3 aromatic heterocycles. The number of anilines is 2. The third-order valence-corrected chi connectivity index (χ3v) is 7.48. The van der Waals surface area contributed by atoms with Crippen LogP contribution in [0.2, 0.25) is 0 Å². The summed E-state index contributed by atoms with van der Waals surface area (Å²) in [6, 6.07) is 17.4. The molecule has 0 atom stereocenters. The Morgan fingerprint density at radius 2 is 1.80 bits per heavy atom. The number of aromatic amines is 1. The van der Waals surface area contributed by atoms with E-state index in [-0.39, 0.29) is 23.4 Å². The molecule has 0 bridgehead atoms. The van der Waals surface area contributed by atoms with Crippen LogP contribution in [0.4, 0.5) is 16.2 Å². The Kier molecular flexibility index (Phi) is 9.38.